The highest BCUT2D eigenvalue weighted by atomic mass is 16.5. The second-order valence-corrected chi connectivity index (χ2v) is 2.76. The highest BCUT2D eigenvalue weighted by Gasteiger charge is 2.19. The van der Waals surface area contributed by atoms with Gasteiger partial charge in [-0.15, -0.1) is 0 Å². The van der Waals surface area contributed by atoms with Crippen molar-refractivity contribution in [3.05, 3.63) is 0 Å². The van der Waals surface area contributed by atoms with Gasteiger partial charge in [0.1, 0.15) is 0 Å². The van der Waals surface area contributed by atoms with Gasteiger partial charge in [0.15, 0.2) is 7.98 Å². The Morgan fingerprint density at radius 3 is 2.91 bits per heavy atom. The molecule has 4 heteroatoms. The van der Waals surface area contributed by atoms with Crippen LogP contribution >= 0.6 is 0 Å². The maximum atomic E-state index is 8.37. The molecule has 1 heterocycles. The number of hydrogen-bond donors (Lipinski definition) is 1. The van der Waals surface area contributed by atoms with E-state index in [4.69, 9.17) is 18.0 Å². The van der Waals surface area contributed by atoms with Crippen molar-refractivity contribution < 1.29 is 4.74 Å². The molecule has 0 aromatic carbocycles. The zero-order valence-electron chi connectivity index (χ0n) is 6.42. The third-order valence-corrected chi connectivity index (χ3v) is 1.92. The average molecular weight is 150 g/mol. The largest absolute Gasteiger partial charge is 0.376 e. The topological polar surface area (TPSA) is 45.0 Å². The van der Waals surface area contributed by atoms with Crippen LogP contribution in [0.3, 0.4) is 0 Å². The third kappa shape index (κ3) is 2.53. The molecule has 58 valence electrons. The number of hydrogen-bond acceptors (Lipinski definition) is 3. The Kier molecular flexibility index (Phi) is 3.41. The normalized spacial score (nSPS) is 31.2. The third-order valence-electron chi connectivity index (χ3n) is 1.92. The van der Waals surface area contributed by atoms with E-state index < -0.39 is 0 Å². The van der Waals surface area contributed by atoms with Crippen molar-refractivity contribution in [3.63, 3.8) is 0 Å². The lowest BCUT2D eigenvalue weighted by atomic mass is 10.0. The van der Waals surface area contributed by atoms with E-state index in [-0.39, 0.29) is 12.1 Å². The molecule has 0 aliphatic carbocycles. The SMILES string of the molecule is [B]N[C@H]1CCC(CC#N)OC1. The van der Waals surface area contributed by atoms with Gasteiger partial charge in [0, 0.05) is 6.04 Å². The Morgan fingerprint density at radius 2 is 2.45 bits per heavy atom. The molecule has 0 amide bonds. The molecule has 1 unspecified atom stereocenters. The van der Waals surface area contributed by atoms with Gasteiger partial charge in [-0.3, -0.25) is 0 Å². The second-order valence-electron chi connectivity index (χ2n) is 2.76. The predicted octanol–water partition coefficient (Wildman–Crippen LogP) is 0.121. The van der Waals surface area contributed by atoms with E-state index in [9.17, 15) is 0 Å². The predicted molar refractivity (Wildman–Crippen MR) is 41.9 cm³/mol. The van der Waals surface area contributed by atoms with Gasteiger partial charge in [-0.05, 0) is 12.8 Å². The molecule has 1 aliphatic rings. The Hall–Kier alpha value is -0.525. The van der Waals surface area contributed by atoms with Gasteiger partial charge in [0.25, 0.3) is 0 Å². The molecule has 2 atom stereocenters. The minimum absolute atomic E-state index is 0.129. The van der Waals surface area contributed by atoms with Crippen LogP contribution in [0.4, 0.5) is 0 Å². The summed E-state index contributed by atoms with van der Waals surface area (Å²) in [7, 11) is 5.23. The summed E-state index contributed by atoms with van der Waals surface area (Å²) >= 11 is 0. The fourth-order valence-electron chi connectivity index (χ4n) is 1.20. The molecule has 0 saturated carbocycles. The van der Waals surface area contributed by atoms with Crippen molar-refractivity contribution in [1.82, 2.24) is 5.23 Å². The molecule has 0 aromatic rings. The number of nitrogens with one attached hydrogen (secondary N) is 1. The lowest BCUT2D eigenvalue weighted by Gasteiger charge is -2.27. The zero-order chi connectivity index (χ0) is 8.10. The van der Waals surface area contributed by atoms with E-state index in [1.54, 1.807) is 0 Å². The molecule has 11 heavy (non-hydrogen) atoms. The maximum absolute atomic E-state index is 8.37. The molecule has 1 fully saturated rings. The summed E-state index contributed by atoms with van der Waals surface area (Å²) < 4.78 is 5.36. The molecule has 2 radical (unpaired) electrons. The van der Waals surface area contributed by atoms with Crippen LogP contribution in [-0.4, -0.2) is 26.7 Å². The van der Waals surface area contributed by atoms with Gasteiger partial charge in [0.2, 0.25) is 0 Å². The van der Waals surface area contributed by atoms with E-state index in [1.807, 2.05) is 0 Å². The van der Waals surface area contributed by atoms with Crippen LogP contribution in [0.1, 0.15) is 19.3 Å². The smallest absolute Gasteiger partial charge is 0.178 e. The summed E-state index contributed by atoms with van der Waals surface area (Å²) in [6.45, 7) is 0.628. The molecule has 0 spiro atoms. The zero-order valence-corrected chi connectivity index (χ0v) is 6.42. The first-order chi connectivity index (χ1) is 5.36. The van der Waals surface area contributed by atoms with Gasteiger partial charge in [-0.25, -0.2) is 0 Å². The molecule has 3 nitrogen and oxygen atoms in total. The first kappa shape index (κ1) is 8.57. The standard InChI is InChI=1S/C7H11BN2O/c8-10-6-1-2-7(3-4-9)11-5-6/h6-7,10H,1-3,5H2/t6-,7?/m0/s1. The molecule has 1 rings (SSSR count). The van der Waals surface area contributed by atoms with Crippen LogP contribution < -0.4 is 5.23 Å². The van der Waals surface area contributed by atoms with Crippen LogP contribution in [0.15, 0.2) is 0 Å². The van der Waals surface area contributed by atoms with Crippen molar-refractivity contribution in [3.8, 4) is 6.07 Å². The Bertz CT molecular complexity index is 149. The Morgan fingerprint density at radius 1 is 1.64 bits per heavy atom. The molecule has 0 bridgehead atoms. The van der Waals surface area contributed by atoms with Gasteiger partial charge >= 0.3 is 0 Å². The second kappa shape index (κ2) is 4.37. The molecule has 1 N–H and O–H groups in total. The fourth-order valence-corrected chi connectivity index (χ4v) is 1.20. The molecular formula is C7H11BN2O. The van der Waals surface area contributed by atoms with Crippen molar-refractivity contribution >= 4 is 7.98 Å². The number of nitrogens with zero attached hydrogens (tertiary/aromatic N) is 1. The van der Waals surface area contributed by atoms with E-state index in [2.05, 4.69) is 11.3 Å². The van der Waals surface area contributed by atoms with Gasteiger partial charge in [-0.2, -0.15) is 5.26 Å². The first-order valence-corrected chi connectivity index (χ1v) is 3.81. The minimum Gasteiger partial charge on any atom is -0.376 e. The highest BCUT2D eigenvalue weighted by Crippen LogP contribution is 2.15. The summed E-state index contributed by atoms with van der Waals surface area (Å²) in [5.41, 5.74) is 0. The lowest BCUT2D eigenvalue weighted by molar-refractivity contribution is 0.00531. The van der Waals surface area contributed by atoms with E-state index in [0.717, 1.165) is 12.8 Å². The van der Waals surface area contributed by atoms with E-state index in [0.29, 0.717) is 13.0 Å². The number of ether oxygens (including phenoxy) is 1. The van der Waals surface area contributed by atoms with Crippen LogP contribution in [0, 0.1) is 11.3 Å². The van der Waals surface area contributed by atoms with Crippen molar-refractivity contribution in [2.45, 2.75) is 31.4 Å². The number of nitriles is 1. The molecule has 0 aromatic heterocycles. The minimum atomic E-state index is 0.129. The van der Waals surface area contributed by atoms with Crippen LogP contribution in [0.5, 0.6) is 0 Å². The van der Waals surface area contributed by atoms with E-state index in [1.165, 1.54) is 0 Å². The monoisotopic (exact) mass is 150 g/mol. The Labute approximate surface area is 68.2 Å². The highest BCUT2D eigenvalue weighted by molar-refractivity contribution is 6.04. The summed E-state index contributed by atoms with van der Waals surface area (Å²) in [6.07, 6.45) is 2.56. The quantitative estimate of drug-likeness (QED) is 0.568. The van der Waals surface area contributed by atoms with Gasteiger partial charge < -0.3 is 9.96 Å². The van der Waals surface area contributed by atoms with Crippen molar-refractivity contribution in [2.24, 2.45) is 0 Å². The van der Waals surface area contributed by atoms with Gasteiger partial charge in [0.05, 0.1) is 25.2 Å². The number of rotatable bonds is 2. The lowest BCUT2D eigenvalue weighted by Crippen LogP contribution is -2.38. The van der Waals surface area contributed by atoms with Crippen LogP contribution in [0.25, 0.3) is 0 Å². The van der Waals surface area contributed by atoms with Crippen molar-refractivity contribution in [2.75, 3.05) is 6.61 Å². The summed E-state index contributed by atoms with van der Waals surface area (Å²) in [5.74, 6) is 0. The van der Waals surface area contributed by atoms with Crippen LogP contribution in [0.2, 0.25) is 0 Å². The maximum Gasteiger partial charge on any atom is 0.178 e. The fraction of sp³-hybridized carbons (Fsp3) is 0.857. The molecule has 1 aliphatic heterocycles. The van der Waals surface area contributed by atoms with E-state index >= 15 is 0 Å². The summed E-state index contributed by atoms with van der Waals surface area (Å²) in [6, 6.07) is 2.36. The average Bonchev–Trinajstić information content (AvgIpc) is 2.07. The summed E-state index contributed by atoms with van der Waals surface area (Å²) in [5, 5.41) is 11.0. The molecule has 1 saturated heterocycles. The van der Waals surface area contributed by atoms with Gasteiger partial charge in [-0.1, -0.05) is 0 Å². The first-order valence-electron chi connectivity index (χ1n) is 3.81. The molecular weight excluding hydrogens is 139 g/mol. The summed E-state index contributed by atoms with van der Waals surface area (Å²) in [4.78, 5) is 0. The Balaban J connectivity index is 2.20. The van der Waals surface area contributed by atoms with Crippen molar-refractivity contribution in [1.29, 1.82) is 5.26 Å². The van der Waals surface area contributed by atoms with Crippen LogP contribution in [-0.2, 0) is 4.74 Å².